The molecular weight excluding hydrogens is 376 g/mol. The molecule has 0 bridgehead atoms. The second kappa shape index (κ2) is 8.03. The van der Waals surface area contributed by atoms with Crippen molar-refractivity contribution in [3.05, 3.63) is 27.1 Å². The summed E-state index contributed by atoms with van der Waals surface area (Å²) in [6.07, 6.45) is 9.82. The SMILES string of the molecule is C[C@H]1CCCC[C@@H]1NC(=O)NC(=O)Cn1cnc2sc3c(c2c1=O)CCCC3. The van der Waals surface area contributed by atoms with E-state index in [-0.39, 0.29) is 18.1 Å². The fourth-order valence-electron chi connectivity index (χ4n) is 4.35. The maximum atomic E-state index is 12.9. The van der Waals surface area contributed by atoms with Crippen LogP contribution in [0, 0.1) is 5.92 Å². The highest BCUT2D eigenvalue weighted by Gasteiger charge is 2.24. The first-order valence-corrected chi connectivity index (χ1v) is 10.9. The van der Waals surface area contributed by atoms with E-state index < -0.39 is 11.9 Å². The van der Waals surface area contributed by atoms with Crippen LogP contribution in [0.5, 0.6) is 0 Å². The minimum absolute atomic E-state index is 0.0969. The summed E-state index contributed by atoms with van der Waals surface area (Å²) < 4.78 is 1.30. The molecule has 0 spiro atoms. The summed E-state index contributed by atoms with van der Waals surface area (Å²) in [5.74, 6) is -0.0955. The van der Waals surface area contributed by atoms with Crippen LogP contribution in [0.25, 0.3) is 10.2 Å². The molecule has 2 aliphatic rings. The number of hydrogen-bond donors (Lipinski definition) is 2. The third kappa shape index (κ3) is 3.83. The highest BCUT2D eigenvalue weighted by atomic mass is 32.1. The lowest BCUT2D eigenvalue weighted by molar-refractivity contribution is -0.120. The highest BCUT2D eigenvalue weighted by Crippen LogP contribution is 2.33. The molecule has 2 N–H and O–H groups in total. The second-order valence-corrected chi connectivity index (χ2v) is 9.04. The number of fused-ring (bicyclic) bond motifs is 3. The Morgan fingerprint density at radius 1 is 1.21 bits per heavy atom. The number of nitrogens with one attached hydrogen (secondary N) is 2. The van der Waals surface area contributed by atoms with Gasteiger partial charge in [-0.2, -0.15) is 0 Å². The van der Waals surface area contributed by atoms with Gasteiger partial charge in [0.25, 0.3) is 5.56 Å². The molecule has 0 saturated heterocycles. The number of aryl methyl sites for hydroxylation is 2. The van der Waals surface area contributed by atoms with Crippen LogP contribution >= 0.6 is 11.3 Å². The van der Waals surface area contributed by atoms with Gasteiger partial charge < -0.3 is 5.32 Å². The molecule has 7 nitrogen and oxygen atoms in total. The van der Waals surface area contributed by atoms with Gasteiger partial charge >= 0.3 is 6.03 Å². The van der Waals surface area contributed by atoms with Crippen LogP contribution in [0.2, 0.25) is 0 Å². The molecule has 2 heterocycles. The van der Waals surface area contributed by atoms with Crippen LogP contribution in [-0.4, -0.2) is 27.5 Å². The van der Waals surface area contributed by atoms with Crippen molar-refractivity contribution >= 4 is 33.5 Å². The van der Waals surface area contributed by atoms with Gasteiger partial charge in [-0.25, -0.2) is 9.78 Å². The van der Waals surface area contributed by atoms with E-state index in [4.69, 9.17) is 0 Å². The average Bonchev–Trinajstić information content (AvgIpc) is 3.05. The summed E-state index contributed by atoms with van der Waals surface area (Å²) in [6, 6.07) is -0.390. The fraction of sp³-hybridized carbons (Fsp3) is 0.600. The number of carbonyl (C=O) groups is 2. The predicted octanol–water partition coefficient (Wildman–Crippen LogP) is 2.74. The van der Waals surface area contributed by atoms with E-state index in [1.807, 2.05) is 0 Å². The Morgan fingerprint density at radius 3 is 2.82 bits per heavy atom. The summed E-state index contributed by atoms with van der Waals surface area (Å²) in [7, 11) is 0. The van der Waals surface area contributed by atoms with Gasteiger partial charge in [0.05, 0.1) is 11.7 Å². The van der Waals surface area contributed by atoms with E-state index in [0.717, 1.165) is 55.3 Å². The van der Waals surface area contributed by atoms with Crippen LogP contribution in [0.15, 0.2) is 11.1 Å². The maximum absolute atomic E-state index is 12.9. The smallest absolute Gasteiger partial charge is 0.321 e. The molecule has 28 heavy (non-hydrogen) atoms. The van der Waals surface area contributed by atoms with Crippen LogP contribution in [0.1, 0.15) is 55.9 Å². The van der Waals surface area contributed by atoms with Crippen LogP contribution < -0.4 is 16.2 Å². The van der Waals surface area contributed by atoms with E-state index in [2.05, 4.69) is 22.5 Å². The van der Waals surface area contributed by atoms with Gasteiger partial charge in [-0.1, -0.05) is 19.8 Å². The molecular formula is C20H26N4O3S. The molecule has 2 atom stereocenters. The molecule has 1 saturated carbocycles. The molecule has 4 rings (SSSR count). The standard InChI is InChI=1S/C20H26N4O3S/c1-12-6-2-4-8-14(12)22-20(27)23-16(25)10-24-11-21-18-17(19(24)26)13-7-3-5-9-15(13)28-18/h11-12,14H,2-10H2,1H3,(H2,22,23,25,27)/t12-,14-/m0/s1. The van der Waals surface area contributed by atoms with Crippen LogP contribution in [-0.2, 0) is 24.2 Å². The number of carbonyl (C=O) groups excluding carboxylic acids is 2. The zero-order valence-electron chi connectivity index (χ0n) is 16.1. The third-order valence-corrected chi connectivity index (χ3v) is 7.14. The molecule has 0 unspecified atom stereocenters. The minimum Gasteiger partial charge on any atom is -0.335 e. The summed E-state index contributed by atoms with van der Waals surface area (Å²) in [5, 5.41) is 5.90. The monoisotopic (exact) mass is 402 g/mol. The van der Waals surface area contributed by atoms with E-state index >= 15 is 0 Å². The quantitative estimate of drug-likeness (QED) is 0.826. The maximum Gasteiger partial charge on any atom is 0.321 e. The van der Waals surface area contributed by atoms with Crippen molar-refractivity contribution in [2.45, 2.75) is 70.9 Å². The second-order valence-electron chi connectivity index (χ2n) is 7.96. The Kier molecular flexibility index (Phi) is 5.48. The Bertz CT molecular complexity index is 964. The van der Waals surface area contributed by atoms with Crippen molar-refractivity contribution < 1.29 is 9.59 Å². The van der Waals surface area contributed by atoms with E-state index in [9.17, 15) is 14.4 Å². The Balaban J connectivity index is 1.44. The molecule has 1 fully saturated rings. The van der Waals surface area contributed by atoms with Gasteiger partial charge in [-0.15, -0.1) is 11.3 Å². The topological polar surface area (TPSA) is 93.1 Å². The number of amides is 3. The number of imide groups is 1. The molecule has 8 heteroatoms. The number of nitrogens with zero attached hydrogens (tertiary/aromatic N) is 2. The largest absolute Gasteiger partial charge is 0.335 e. The van der Waals surface area contributed by atoms with E-state index in [0.29, 0.717) is 11.3 Å². The van der Waals surface area contributed by atoms with Crippen molar-refractivity contribution in [3.8, 4) is 0 Å². The Hall–Kier alpha value is -2.22. The number of aromatic nitrogens is 2. The zero-order valence-corrected chi connectivity index (χ0v) is 16.9. The normalized spacial score (nSPS) is 21.9. The van der Waals surface area contributed by atoms with Gasteiger partial charge in [0.1, 0.15) is 11.4 Å². The third-order valence-electron chi connectivity index (χ3n) is 5.94. The lowest BCUT2D eigenvalue weighted by atomic mass is 9.86. The first-order valence-electron chi connectivity index (χ1n) is 10.1. The molecule has 2 aromatic rings. The van der Waals surface area contributed by atoms with Gasteiger partial charge in [0.15, 0.2) is 0 Å². The van der Waals surface area contributed by atoms with E-state index in [1.54, 1.807) is 11.3 Å². The van der Waals surface area contributed by atoms with Crippen molar-refractivity contribution in [2.24, 2.45) is 5.92 Å². The number of thiophene rings is 1. The zero-order chi connectivity index (χ0) is 19.7. The summed E-state index contributed by atoms with van der Waals surface area (Å²) >= 11 is 1.58. The average molecular weight is 403 g/mol. The lowest BCUT2D eigenvalue weighted by Crippen LogP contribution is -2.48. The molecule has 0 aromatic carbocycles. The Morgan fingerprint density at radius 2 is 2.00 bits per heavy atom. The Labute approximate surface area is 167 Å². The molecule has 0 aliphatic heterocycles. The highest BCUT2D eigenvalue weighted by molar-refractivity contribution is 7.18. The fourth-order valence-corrected chi connectivity index (χ4v) is 5.57. The van der Waals surface area contributed by atoms with Crippen molar-refractivity contribution in [1.82, 2.24) is 20.2 Å². The summed E-state index contributed by atoms with van der Waals surface area (Å²) in [5.41, 5.74) is 0.906. The van der Waals surface area contributed by atoms with Gasteiger partial charge in [0, 0.05) is 10.9 Å². The molecule has 2 aromatic heterocycles. The number of urea groups is 1. The molecule has 3 amide bonds. The molecule has 2 aliphatic carbocycles. The van der Waals surface area contributed by atoms with E-state index in [1.165, 1.54) is 22.2 Å². The van der Waals surface area contributed by atoms with Crippen molar-refractivity contribution in [1.29, 1.82) is 0 Å². The van der Waals surface area contributed by atoms with Crippen LogP contribution in [0.3, 0.4) is 0 Å². The molecule has 150 valence electrons. The summed E-state index contributed by atoms with van der Waals surface area (Å²) in [4.78, 5) is 43.7. The van der Waals surface area contributed by atoms with Gasteiger partial charge in [0.2, 0.25) is 5.91 Å². The van der Waals surface area contributed by atoms with Crippen molar-refractivity contribution in [3.63, 3.8) is 0 Å². The minimum atomic E-state index is -0.506. The molecule has 0 radical (unpaired) electrons. The van der Waals surface area contributed by atoms with Crippen LogP contribution in [0.4, 0.5) is 4.79 Å². The number of hydrogen-bond acceptors (Lipinski definition) is 5. The lowest BCUT2D eigenvalue weighted by Gasteiger charge is -2.29. The van der Waals surface area contributed by atoms with Gasteiger partial charge in [-0.05, 0) is 50.0 Å². The van der Waals surface area contributed by atoms with Crippen molar-refractivity contribution in [2.75, 3.05) is 0 Å². The first kappa shape index (κ1) is 19.1. The van der Waals surface area contributed by atoms with Gasteiger partial charge in [-0.3, -0.25) is 19.5 Å². The summed E-state index contributed by atoms with van der Waals surface area (Å²) in [6.45, 7) is 1.91. The number of rotatable bonds is 3. The first-order chi connectivity index (χ1) is 13.5. The predicted molar refractivity (Wildman–Crippen MR) is 109 cm³/mol.